The Morgan fingerprint density at radius 1 is 1.00 bits per heavy atom. The Bertz CT molecular complexity index is 615. The second-order valence-electron chi connectivity index (χ2n) is 5.23. The zero-order valence-electron chi connectivity index (χ0n) is 12.9. The van der Waals surface area contributed by atoms with Gasteiger partial charge in [-0.2, -0.15) is 0 Å². The van der Waals surface area contributed by atoms with Gasteiger partial charge in [0.25, 0.3) is 5.91 Å². The minimum Gasteiger partial charge on any atom is -0.321 e. The highest BCUT2D eigenvalue weighted by Gasteiger charge is 2.12. The largest absolute Gasteiger partial charge is 0.321 e. The molecule has 3 heteroatoms. The first kappa shape index (κ1) is 15.3. The average Bonchev–Trinajstić information content (AvgIpc) is 2.49. The van der Waals surface area contributed by atoms with Gasteiger partial charge >= 0.3 is 0 Å². The molecule has 21 heavy (non-hydrogen) atoms. The summed E-state index contributed by atoms with van der Waals surface area (Å²) in [5.41, 5.74) is 4.88. The van der Waals surface area contributed by atoms with Crippen molar-refractivity contribution >= 4 is 11.6 Å². The molecule has 2 rings (SSSR count). The number of hydrogen-bond acceptors (Lipinski definition) is 2. The number of carbonyl (C=O) groups excluding carboxylic acids is 1. The molecule has 0 unspecified atom stereocenters. The maximum Gasteiger partial charge on any atom is 0.255 e. The summed E-state index contributed by atoms with van der Waals surface area (Å²) in [7, 11) is 1.92. The fourth-order valence-electron chi connectivity index (χ4n) is 2.41. The van der Waals surface area contributed by atoms with E-state index in [0.717, 1.165) is 40.9 Å². The first-order valence-corrected chi connectivity index (χ1v) is 7.23. The summed E-state index contributed by atoms with van der Waals surface area (Å²) in [5.74, 6) is -0.0425. The van der Waals surface area contributed by atoms with E-state index < -0.39 is 0 Å². The predicted molar refractivity (Wildman–Crippen MR) is 87.9 cm³/mol. The van der Waals surface area contributed by atoms with Gasteiger partial charge in [-0.1, -0.05) is 36.4 Å². The normalized spacial score (nSPS) is 10.4. The maximum absolute atomic E-state index is 12.6. The number of aryl methyl sites for hydroxylation is 2. The first-order valence-electron chi connectivity index (χ1n) is 7.23. The third-order valence-electron chi connectivity index (χ3n) is 3.63. The van der Waals surface area contributed by atoms with E-state index in [1.807, 2.05) is 63.4 Å². The van der Waals surface area contributed by atoms with Gasteiger partial charge in [0.05, 0.1) is 0 Å². The minimum atomic E-state index is -0.0425. The van der Waals surface area contributed by atoms with Crippen LogP contribution in [0.15, 0.2) is 42.5 Å². The second kappa shape index (κ2) is 7.04. The van der Waals surface area contributed by atoms with Crippen LogP contribution in [0.2, 0.25) is 0 Å². The molecule has 0 bridgehead atoms. The van der Waals surface area contributed by atoms with Crippen molar-refractivity contribution in [2.75, 3.05) is 18.9 Å². The summed E-state index contributed by atoms with van der Waals surface area (Å²) in [6.45, 7) is 4.87. The van der Waals surface area contributed by atoms with Gasteiger partial charge in [-0.25, -0.2) is 0 Å². The lowest BCUT2D eigenvalue weighted by Crippen LogP contribution is -2.18. The van der Waals surface area contributed by atoms with Crippen LogP contribution in [0.1, 0.15) is 27.0 Å². The van der Waals surface area contributed by atoms with Crippen LogP contribution in [0.25, 0.3) is 0 Å². The van der Waals surface area contributed by atoms with Gasteiger partial charge in [0, 0.05) is 11.3 Å². The number of benzene rings is 2. The van der Waals surface area contributed by atoms with E-state index in [4.69, 9.17) is 0 Å². The lowest BCUT2D eigenvalue weighted by molar-refractivity contribution is 0.102. The average molecular weight is 282 g/mol. The number of anilines is 1. The Balaban J connectivity index is 2.25. The number of amides is 1. The van der Waals surface area contributed by atoms with E-state index in [0.29, 0.717) is 0 Å². The summed E-state index contributed by atoms with van der Waals surface area (Å²) >= 11 is 0. The van der Waals surface area contributed by atoms with Crippen LogP contribution >= 0.6 is 0 Å². The van der Waals surface area contributed by atoms with Crippen LogP contribution in [0.3, 0.4) is 0 Å². The highest BCUT2D eigenvalue weighted by molar-refractivity contribution is 6.06. The summed E-state index contributed by atoms with van der Waals surface area (Å²) in [6, 6.07) is 13.8. The van der Waals surface area contributed by atoms with Crippen LogP contribution in [0.4, 0.5) is 5.69 Å². The van der Waals surface area contributed by atoms with Gasteiger partial charge in [0.2, 0.25) is 0 Å². The number of carbonyl (C=O) groups is 1. The minimum absolute atomic E-state index is 0.0425. The van der Waals surface area contributed by atoms with Gasteiger partial charge in [0.1, 0.15) is 0 Å². The topological polar surface area (TPSA) is 41.1 Å². The van der Waals surface area contributed by atoms with Crippen molar-refractivity contribution in [2.45, 2.75) is 20.3 Å². The summed E-state index contributed by atoms with van der Waals surface area (Å²) in [4.78, 5) is 12.6. The quantitative estimate of drug-likeness (QED) is 0.883. The molecule has 3 nitrogen and oxygen atoms in total. The summed E-state index contributed by atoms with van der Waals surface area (Å²) < 4.78 is 0. The molecule has 0 saturated carbocycles. The van der Waals surface area contributed by atoms with Gasteiger partial charge in [-0.05, 0) is 56.6 Å². The van der Waals surface area contributed by atoms with E-state index in [1.165, 1.54) is 0 Å². The Hall–Kier alpha value is -2.13. The molecule has 1 amide bonds. The van der Waals surface area contributed by atoms with Crippen LogP contribution < -0.4 is 10.6 Å². The molecule has 0 radical (unpaired) electrons. The van der Waals surface area contributed by atoms with E-state index in [2.05, 4.69) is 10.6 Å². The number of nitrogens with one attached hydrogen (secondary N) is 2. The highest BCUT2D eigenvalue weighted by Crippen LogP contribution is 2.21. The van der Waals surface area contributed by atoms with Crippen LogP contribution in [0, 0.1) is 13.8 Å². The van der Waals surface area contributed by atoms with Crippen molar-refractivity contribution in [2.24, 2.45) is 0 Å². The van der Waals surface area contributed by atoms with Crippen molar-refractivity contribution in [1.29, 1.82) is 0 Å². The molecule has 0 fully saturated rings. The van der Waals surface area contributed by atoms with Gasteiger partial charge in [-0.15, -0.1) is 0 Å². The summed E-state index contributed by atoms with van der Waals surface area (Å²) in [6.07, 6.45) is 0.840. The Labute approximate surface area is 126 Å². The molecule has 2 aromatic carbocycles. The van der Waals surface area contributed by atoms with Crippen LogP contribution in [-0.4, -0.2) is 19.5 Å². The molecule has 110 valence electrons. The first-order chi connectivity index (χ1) is 10.1. The predicted octanol–water partition coefficient (Wildman–Crippen LogP) is 3.32. The maximum atomic E-state index is 12.6. The van der Waals surface area contributed by atoms with Crippen molar-refractivity contribution in [1.82, 2.24) is 5.32 Å². The fraction of sp³-hybridized carbons (Fsp3) is 0.278. The van der Waals surface area contributed by atoms with Crippen molar-refractivity contribution in [3.05, 3.63) is 64.7 Å². The molecule has 0 aromatic heterocycles. The molecule has 0 aliphatic rings. The molecule has 2 aromatic rings. The number of hydrogen-bond donors (Lipinski definition) is 2. The van der Waals surface area contributed by atoms with Crippen molar-refractivity contribution < 1.29 is 4.79 Å². The molecule has 0 aliphatic carbocycles. The third kappa shape index (κ3) is 3.70. The monoisotopic (exact) mass is 282 g/mol. The molecule has 0 spiro atoms. The molecule has 0 aliphatic heterocycles. The lowest BCUT2D eigenvalue weighted by Gasteiger charge is -2.13. The zero-order valence-corrected chi connectivity index (χ0v) is 12.9. The van der Waals surface area contributed by atoms with Crippen LogP contribution in [-0.2, 0) is 6.42 Å². The fourth-order valence-corrected chi connectivity index (χ4v) is 2.41. The van der Waals surface area contributed by atoms with E-state index in [9.17, 15) is 4.79 Å². The number of rotatable bonds is 5. The highest BCUT2D eigenvalue weighted by atomic mass is 16.1. The van der Waals surface area contributed by atoms with Gasteiger partial charge < -0.3 is 10.6 Å². The smallest absolute Gasteiger partial charge is 0.255 e. The zero-order chi connectivity index (χ0) is 15.2. The van der Waals surface area contributed by atoms with Gasteiger partial charge in [0.15, 0.2) is 0 Å². The SMILES string of the molecule is CNCCc1ccccc1C(=O)Nc1c(C)cccc1C. The third-order valence-corrected chi connectivity index (χ3v) is 3.63. The van der Waals surface area contributed by atoms with Crippen molar-refractivity contribution in [3.63, 3.8) is 0 Å². The van der Waals surface area contributed by atoms with Crippen molar-refractivity contribution in [3.8, 4) is 0 Å². The molecule has 2 N–H and O–H groups in total. The summed E-state index contributed by atoms with van der Waals surface area (Å²) in [5, 5.41) is 6.17. The Morgan fingerprint density at radius 3 is 2.33 bits per heavy atom. The molecule has 0 atom stereocenters. The standard InChI is InChI=1S/C18H22N2O/c1-13-7-6-8-14(2)17(13)20-18(21)16-10-5-4-9-15(16)11-12-19-3/h4-10,19H,11-12H2,1-3H3,(H,20,21). The van der Waals surface area contributed by atoms with E-state index in [1.54, 1.807) is 0 Å². The number of para-hydroxylation sites is 1. The van der Waals surface area contributed by atoms with Gasteiger partial charge in [-0.3, -0.25) is 4.79 Å². The molecule has 0 saturated heterocycles. The molecule has 0 heterocycles. The van der Waals surface area contributed by atoms with E-state index >= 15 is 0 Å². The van der Waals surface area contributed by atoms with E-state index in [-0.39, 0.29) is 5.91 Å². The second-order valence-corrected chi connectivity index (χ2v) is 5.23. The number of likely N-dealkylation sites (N-methyl/N-ethyl adjacent to an activating group) is 1. The van der Waals surface area contributed by atoms with Crippen LogP contribution in [0.5, 0.6) is 0 Å². The lowest BCUT2D eigenvalue weighted by atomic mass is 10.0. The molecular formula is C18H22N2O. The molecular weight excluding hydrogens is 260 g/mol. The Morgan fingerprint density at radius 2 is 1.67 bits per heavy atom. The Kier molecular flexibility index (Phi) is 5.12.